The predicted octanol–water partition coefficient (Wildman–Crippen LogP) is 3.32. The molecule has 3 rings (SSSR count). The highest BCUT2D eigenvalue weighted by Crippen LogP contribution is 2.35. The number of para-hydroxylation sites is 2. The predicted molar refractivity (Wildman–Crippen MR) is 77.2 cm³/mol. The molecular weight excluding hydrogens is 271 g/mol. The molecule has 0 spiro atoms. The smallest absolute Gasteiger partial charge is 0.163 e. The van der Waals surface area contributed by atoms with E-state index in [1.807, 2.05) is 25.1 Å². The van der Waals surface area contributed by atoms with Gasteiger partial charge in [0.25, 0.3) is 0 Å². The van der Waals surface area contributed by atoms with E-state index in [1.165, 1.54) is 6.07 Å². The first kappa shape index (κ1) is 13.9. The molecule has 110 valence electrons. The summed E-state index contributed by atoms with van der Waals surface area (Å²) in [5.41, 5.74) is 1.81. The van der Waals surface area contributed by atoms with Crippen molar-refractivity contribution in [3.8, 4) is 11.5 Å². The van der Waals surface area contributed by atoms with Gasteiger partial charge in [-0.3, -0.25) is 0 Å². The van der Waals surface area contributed by atoms with Crippen molar-refractivity contribution in [2.24, 2.45) is 0 Å². The first-order chi connectivity index (χ1) is 10.1. The Balaban J connectivity index is 1.89. The molecule has 2 unspecified atom stereocenters. The molecule has 0 aliphatic carbocycles. The summed E-state index contributed by atoms with van der Waals surface area (Å²) in [6, 6.07) is 10.5. The number of rotatable bonds is 2. The molecule has 4 heteroatoms. The molecule has 0 radical (unpaired) electrons. The molecule has 0 saturated heterocycles. The maximum Gasteiger partial charge on any atom is 0.163 e. The Morgan fingerprint density at radius 3 is 2.62 bits per heavy atom. The van der Waals surface area contributed by atoms with Crippen molar-refractivity contribution in [2.75, 3.05) is 6.61 Å². The third-order valence-corrected chi connectivity index (χ3v) is 3.66. The van der Waals surface area contributed by atoms with Crippen molar-refractivity contribution < 1.29 is 19.0 Å². The number of fused-ring (bicyclic) bond motifs is 1. The molecule has 0 aromatic heterocycles. The van der Waals surface area contributed by atoms with Crippen molar-refractivity contribution in [1.82, 2.24) is 0 Å². The van der Waals surface area contributed by atoms with E-state index in [-0.39, 0.29) is 12.2 Å². The first-order valence-corrected chi connectivity index (χ1v) is 6.89. The van der Waals surface area contributed by atoms with Gasteiger partial charge >= 0.3 is 0 Å². The quantitative estimate of drug-likeness (QED) is 0.921. The monoisotopic (exact) mass is 288 g/mol. The molecule has 1 heterocycles. The lowest BCUT2D eigenvalue weighted by Gasteiger charge is -2.30. The van der Waals surface area contributed by atoms with Crippen LogP contribution in [0.4, 0.5) is 4.39 Å². The molecule has 2 atom stereocenters. The Morgan fingerprint density at radius 2 is 1.90 bits per heavy atom. The Bertz CT molecular complexity index is 646. The molecule has 2 aromatic carbocycles. The highest BCUT2D eigenvalue weighted by atomic mass is 19.1. The van der Waals surface area contributed by atoms with Gasteiger partial charge in [0.05, 0.1) is 0 Å². The van der Waals surface area contributed by atoms with Crippen LogP contribution in [0.2, 0.25) is 0 Å². The molecule has 1 N–H and O–H groups in total. The molecule has 0 saturated carbocycles. The van der Waals surface area contributed by atoms with Crippen LogP contribution in [0, 0.1) is 19.7 Å². The van der Waals surface area contributed by atoms with Gasteiger partial charge < -0.3 is 14.6 Å². The maximum atomic E-state index is 14.2. The zero-order chi connectivity index (χ0) is 15.0. The van der Waals surface area contributed by atoms with Crippen LogP contribution in [0.15, 0.2) is 36.4 Å². The van der Waals surface area contributed by atoms with Crippen molar-refractivity contribution in [1.29, 1.82) is 0 Å². The third-order valence-electron chi connectivity index (χ3n) is 3.66. The second-order valence-corrected chi connectivity index (χ2v) is 5.34. The lowest BCUT2D eigenvalue weighted by atomic mass is 9.97. The Labute approximate surface area is 122 Å². The van der Waals surface area contributed by atoms with Gasteiger partial charge in [-0.1, -0.05) is 18.2 Å². The van der Waals surface area contributed by atoms with E-state index in [1.54, 1.807) is 19.1 Å². The van der Waals surface area contributed by atoms with E-state index in [0.717, 1.165) is 5.56 Å². The normalized spacial score (nSPS) is 18.4. The molecule has 2 aromatic rings. The summed E-state index contributed by atoms with van der Waals surface area (Å²) in [7, 11) is 0. The SMILES string of the molecule is Cc1cc(C)c(C(O)C2COc3ccccc3O2)c(F)c1. The zero-order valence-corrected chi connectivity index (χ0v) is 12.0. The van der Waals surface area contributed by atoms with Crippen LogP contribution in [0.1, 0.15) is 22.8 Å². The Hall–Kier alpha value is -2.07. The standard InChI is InChI=1S/C17H17FO3/c1-10-7-11(2)16(12(18)8-10)17(19)15-9-20-13-5-3-4-6-14(13)21-15/h3-8,15,17,19H,9H2,1-2H3. The van der Waals surface area contributed by atoms with E-state index < -0.39 is 18.0 Å². The van der Waals surface area contributed by atoms with Crippen molar-refractivity contribution >= 4 is 0 Å². The third kappa shape index (κ3) is 2.59. The number of aryl methyl sites for hydroxylation is 2. The van der Waals surface area contributed by atoms with Crippen LogP contribution in [-0.2, 0) is 0 Å². The van der Waals surface area contributed by atoms with Gasteiger partial charge in [0.1, 0.15) is 18.5 Å². The molecular formula is C17H17FO3. The van der Waals surface area contributed by atoms with Crippen LogP contribution in [0.5, 0.6) is 11.5 Å². The van der Waals surface area contributed by atoms with Gasteiger partial charge in [-0.15, -0.1) is 0 Å². The summed E-state index contributed by atoms with van der Waals surface area (Å²) in [6.07, 6.45) is -1.70. The van der Waals surface area contributed by atoms with Crippen LogP contribution in [-0.4, -0.2) is 17.8 Å². The van der Waals surface area contributed by atoms with Crippen molar-refractivity contribution in [2.45, 2.75) is 26.1 Å². The van der Waals surface area contributed by atoms with Gasteiger partial charge in [0.15, 0.2) is 17.6 Å². The van der Waals surface area contributed by atoms with Crippen LogP contribution < -0.4 is 9.47 Å². The largest absolute Gasteiger partial charge is 0.486 e. The topological polar surface area (TPSA) is 38.7 Å². The lowest BCUT2D eigenvalue weighted by Crippen LogP contribution is -2.35. The number of aliphatic hydroxyl groups excluding tert-OH is 1. The number of hydrogen-bond acceptors (Lipinski definition) is 3. The molecule has 21 heavy (non-hydrogen) atoms. The summed E-state index contributed by atoms with van der Waals surface area (Å²) in [4.78, 5) is 0. The molecule has 0 bridgehead atoms. The fourth-order valence-corrected chi connectivity index (χ4v) is 2.68. The average Bonchev–Trinajstić information content (AvgIpc) is 2.45. The number of aliphatic hydroxyl groups is 1. The minimum atomic E-state index is -1.07. The van der Waals surface area contributed by atoms with Gasteiger partial charge in [-0.2, -0.15) is 0 Å². The van der Waals surface area contributed by atoms with E-state index >= 15 is 0 Å². The van der Waals surface area contributed by atoms with Gasteiger partial charge in [-0.25, -0.2) is 4.39 Å². The van der Waals surface area contributed by atoms with E-state index in [9.17, 15) is 9.50 Å². The second kappa shape index (κ2) is 5.37. The molecule has 1 aliphatic rings. The highest BCUT2D eigenvalue weighted by Gasteiger charge is 2.31. The van der Waals surface area contributed by atoms with E-state index in [0.29, 0.717) is 17.1 Å². The molecule has 0 fully saturated rings. The summed E-state index contributed by atoms with van der Waals surface area (Å²) in [5.74, 6) is 0.794. The zero-order valence-electron chi connectivity index (χ0n) is 12.0. The van der Waals surface area contributed by atoms with Crippen LogP contribution in [0.25, 0.3) is 0 Å². The lowest BCUT2D eigenvalue weighted by molar-refractivity contribution is -0.0131. The summed E-state index contributed by atoms with van der Waals surface area (Å²) in [6.45, 7) is 3.79. The fraction of sp³-hybridized carbons (Fsp3) is 0.294. The van der Waals surface area contributed by atoms with Gasteiger partial charge in [0, 0.05) is 5.56 Å². The van der Waals surface area contributed by atoms with Gasteiger partial charge in [-0.05, 0) is 43.2 Å². The summed E-state index contributed by atoms with van der Waals surface area (Å²) < 4.78 is 25.5. The van der Waals surface area contributed by atoms with Crippen LogP contribution in [0.3, 0.4) is 0 Å². The molecule has 0 amide bonds. The first-order valence-electron chi connectivity index (χ1n) is 6.89. The fourth-order valence-electron chi connectivity index (χ4n) is 2.68. The second-order valence-electron chi connectivity index (χ2n) is 5.34. The van der Waals surface area contributed by atoms with Crippen LogP contribution >= 0.6 is 0 Å². The molecule has 1 aliphatic heterocycles. The Kier molecular flexibility index (Phi) is 3.55. The van der Waals surface area contributed by atoms with E-state index in [4.69, 9.17) is 9.47 Å². The number of hydrogen-bond donors (Lipinski definition) is 1. The van der Waals surface area contributed by atoms with Gasteiger partial charge in [0.2, 0.25) is 0 Å². The molecule has 3 nitrogen and oxygen atoms in total. The van der Waals surface area contributed by atoms with E-state index in [2.05, 4.69) is 0 Å². The minimum Gasteiger partial charge on any atom is -0.486 e. The Morgan fingerprint density at radius 1 is 1.19 bits per heavy atom. The maximum absolute atomic E-state index is 14.2. The minimum absolute atomic E-state index is 0.185. The van der Waals surface area contributed by atoms with Crippen molar-refractivity contribution in [3.63, 3.8) is 0 Å². The number of halogens is 1. The summed E-state index contributed by atoms with van der Waals surface area (Å²) in [5, 5.41) is 10.5. The van der Waals surface area contributed by atoms with Crippen molar-refractivity contribution in [3.05, 3.63) is 58.9 Å². The number of ether oxygens (including phenoxy) is 2. The number of benzene rings is 2. The average molecular weight is 288 g/mol. The highest BCUT2D eigenvalue weighted by molar-refractivity contribution is 5.41. The summed E-state index contributed by atoms with van der Waals surface area (Å²) >= 11 is 0.